The Morgan fingerprint density at radius 2 is 2.23 bits per heavy atom. The minimum absolute atomic E-state index is 0.0515. The van der Waals surface area contributed by atoms with Crippen LogP contribution in [0, 0.1) is 22.7 Å². The Kier molecular flexibility index (Phi) is 5.02. The molecule has 0 aliphatic rings. The first-order chi connectivity index (χ1) is 10.7. The molecule has 1 amide bonds. The van der Waals surface area contributed by atoms with Crippen molar-refractivity contribution >= 4 is 44.7 Å². The SMILES string of the molecule is COC(=O)Nc1nc(C(C#N)C#N)sc1N=Nc1nncs1. The van der Waals surface area contributed by atoms with Gasteiger partial charge in [-0.25, -0.2) is 9.78 Å². The molecule has 1 N–H and O–H groups in total. The topological polar surface area (TPSA) is 149 Å². The Hall–Kier alpha value is -2.96. The normalized spacial score (nSPS) is 10.4. The number of anilines is 1. The van der Waals surface area contributed by atoms with Crippen molar-refractivity contribution in [2.75, 3.05) is 12.4 Å². The van der Waals surface area contributed by atoms with Crippen LogP contribution < -0.4 is 5.32 Å². The van der Waals surface area contributed by atoms with Gasteiger partial charge in [-0.15, -0.1) is 20.4 Å². The third kappa shape index (κ3) is 3.57. The summed E-state index contributed by atoms with van der Waals surface area (Å²) < 4.78 is 4.47. The molecule has 2 aromatic rings. The fraction of sp³-hybridized carbons (Fsp3) is 0.200. The van der Waals surface area contributed by atoms with Crippen LogP contribution in [0.2, 0.25) is 0 Å². The van der Waals surface area contributed by atoms with E-state index in [2.05, 4.69) is 35.5 Å². The molecule has 22 heavy (non-hydrogen) atoms. The van der Waals surface area contributed by atoms with Crippen LogP contribution in [0.5, 0.6) is 0 Å². The third-order valence-corrected chi connectivity index (χ3v) is 3.69. The molecule has 0 aliphatic carbocycles. The van der Waals surface area contributed by atoms with Crippen LogP contribution in [0.25, 0.3) is 0 Å². The number of rotatable bonds is 4. The number of carbonyl (C=O) groups is 1. The number of carbonyl (C=O) groups excluding carboxylic acids is 1. The second-order valence-corrected chi connectivity index (χ2v) is 5.26. The van der Waals surface area contributed by atoms with Crippen molar-refractivity contribution in [3.05, 3.63) is 10.5 Å². The van der Waals surface area contributed by atoms with E-state index in [0.29, 0.717) is 5.13 Å². The summed E-state index contributed by atoms with van der Waals surface area (Å²) in [6.07, 6.45) is -0.755. The van der Waals surface area contributed by atoms with Crippen molar-refractivity contribution in [2.24, 2.45) is 10.2 Å². The van der Waals surface area contributed by atoms with Crippen LogP contribution in [0.1, 0.15) is 10.9 Å². The molecule has 12 heteroatoms. The summed E-state index contributed by atoms with van der Waals surface area (Å²) in [7, 11) is 1.19. The molecule has 0 atom stereocenters. The van der Waals surface area contributed by atoms with Gasteiger partial charge in [-0.3, -0.25) is 5.32 Å². The van der Waals surface area contributed by atoms with Crippen molar-refractivity contribution in [1.29, 1.82) is 10.5 Å². The molecule has 0 spiro atoms. The first kappa shape index (κ1) is 15.4. The van der Waals surface area contributed by atoms with E-state index in [1.807, 2.05) is 0 Å². The molecule has 0 saturated heterocycles. The first-order valence-corrected chi connectivity index (χ1v) is 7.20. The molecule has 110 valence electrons. The van der Waals surface area contributed by atoms with Gasteiger partial charge >= 0.3 is 6.09 Å². The zero-order valence-electron chi connectivity index (χ0n) is 10.9. The Bertz CT molecular complexity index is 756. The largest absolute Gasteiger partial charge is 0.453 e. The van der Waals surface area contributed by atoms with Crippen LogP contribution in [0.15, 0.2) is 15.7 Å². The van der Waals surface area contributed by atoms with Gasteiger partial charge in [-0.2, -0.15) is 10.5 Å². The van der Waals surface area contributed by atoms with Gasteiger partial charge in [-0.1, -0.05) is 22.7 Å². The molecule has 0 radical (unpaired) electrons. The Labute approximate surface area is 131 Å². The Morgan fingerprint density at radius 3 is 2.82 bits per heavy atom. The number of aromatic nitrogens is 3. The highest BCUT2D eigenvalue weighted by atomic mass is 32.1. The lowest BCUT2D eigenvalue weighted by molar-refractivity contribution is 0.187. The highest BCUT2D eigenvalue weighted by Gasteiger charge is 2.20. The average Bonchev–Trinajstić information content (AvgIpc) is 3.16. The van der Waals surface area contributed by atoms with E-state index in [-0.39, 0.29) is 15.8 Å². The number of thiazole rings is 1. The summed E-state index contributed by atoms with van der Waals surface area (Å²) in [6.45, 7) is 0. The quantitative estimate of drug-likeness (QED) is 0.844. The minimum atomic E-state index is -1.06. The second kappa shape index (κ2) is 7.16. The van der Waals surface area contributed by atoms with Crippen LogP contribution >= 0.6 is 22.7 Å². The summed E-state index contributed by atoms with van der Waals surface area (Å²) in [6, 6.07) is 3.59. The van der Waals surface area contributed by atoms with Crippen molar-refractivity contribution in [1.82, 2.24) is 15.2 Å². The molecule has 2 aromatic heterocycles. The van der Waals surface area contributed by atoms with Crippen molar-refractivity contribution < 1.29 is 9.53 Å². The number of hydrogen-bond donors (Lipinski definition) is 1. The lowest BCUT2D eigenvalue weighted by Gasteiger charge is -1.99. The number of ether oxygens (including phenoxy) is 1. The van der Waals surface area contributed by atoms with Gasteiger partial charge in [0, 0.05) is 0 Å². The summed E-state index contributed by atoms with van der Waals surface area (Å²) >= 11 is 2.13. The molecule has 2 rings (SSSR count). The van der Waals surface area contributed by atoms with E-state index >= 15 is 0 Å². The number of hydrogen-bond acceptors (Lipinski definition) is 11. The first-order valence-electron chi connectivity index (χ1n) is 5.50. The summed E-state index contributed by atoms with van der Waals surface area (Å²) in [5.41, 5.74) is 1.49. The molecular weight excluding hydrogens is 328 g/mol. The van der Waals surface area contributed by atoms with Crippen LogP contribution in [0.4, 0.5) is 20.7 Å². The van der Waals surface area contributed by atoms with Crippen molar-refractivity contribution in [3.8, 4) is 12.1 Å². The number of nitrogens with zero attached hydrogens (tertiary/aromatic N) is 7. The lowest BCUT2D eigenvalue weighted by Crippen LogP contribution is -2.11. The van der Waals surface area contributed by atoms with E-state index in [4.69, 9.17) is 10.5 Å². The van der Waals surface area contributed by atoms with E-state index in [1.165, 1.54) is 24.0 Å². The van der Waals surface area contributed by atoms with Gasteiger partial charge in [0.25, 0.3) is 5.13 Å². The molecule has 0 bridgehead atoms. The molecule has 2 heterocycles. The summed E-state index contributed by atoms with van der Waals surface area (Å²) in [4.78, 5) is 15.3. The summed E-state index contributed by atoms with van der Waals surface area (Å²) in [5.74, 6) is -1.01. The number of azo groups is 1. The maximum absolute atomic E-state index is 11.3. The fourth-order valence-electron chi connectivity index (χ4n) is 1.19. The molecule has 0 saturated carbocycles. The lowest BCUT2D eigenvalue weighted by atomic mass is 10.2. The van der Waals surface area contributed by atoms with Gasteiger partial charge in [0.15, 0.2) is 16.7 Å². The average molecular weight is 334 g/mol. The van der Waals surface area contributed by atoms with E-state index in [1.54, 1.807) is 12.1 Å². The predicted molar refractivity (Wildman–Crippen MR) is 76.2 cm³/mol. The minimum Gasteiger partial charge on any atom is -0.453 e. The Morgan fingerprint density at radius 1 is 1.45 bits per heavy atom. The van der Waals surface area contributed by atoms with Gasteiger partial charge in [0.05, 0.1) is 19.2 Å². The standard InChI is InChI=1S/C10H6N8O2S2/c1-20-10(19)15-6-8(16-18-9-17-13-4-21-9)22-7(14-6)5(2-11)3-12/h4-5H,1H3,(H,15,19). The predicted octanol–water partition coefficient (Wildman–Crippen LogP) is 2.72. The van der Waals surface area contributed by atoms with E-state index < -0.39 is 12.0 Å². The highest BCUT2D eigenvalue weighted by Crippen LogP contribution is 2.36. The van der Waals surface area contributed by atoms with Crippen LogP contribution in [0.3, 0.4) is 0 Å². The summed E-state index contributed by atoms with van der Waals surface area (Å²) in [5, 5.41) is 35.9. The zero-order chi connectivity index (χ0) is 15.9. The molecule has 0 fully saturated rings. The fourth-order valence-corrected chi connectivity index (χ4v) is 2.39. The van der Waals surface area contributed by atoms with Gasteiger partial charge < -0.3 is 4.74 Å². The van der Waals surface area contributed by atoms with Gasteiger partial charge in [-0.05, 0) is 0 Å². The Balaban J connectivity index is 2.35. The molecule has 0 aliphatic heterocycles. The van der Waals surface area contributed by atoms with E-state index in [9.17, 15) is 4.79 Å². The van der Waals surface area contributed by atoms with Crippen molar-refractivity contribution in [2.45, 2.75) is 5.92 Å². The molecule has 10 nitrogen and oxygen atoms in total. The second-order valence-electron chi connectivity index (χ2n) is 3.43. The number of methoxy groups -OCH3 is 1. The van der Waals surface area contributed by atoms with Crippen LogP contribution in [-0.2, 0) is 4.74 Å². The third-order valence-electron chi connectivity index (χ3n) is 2.11. The molecule has 0 unspecified atom stereocenters. The number of nitrogens with one attached hydrogen (secondary N) is 1. The monoisotopic (exact) mass is 334 g/mol. The van der Waals surface area contributed by atoms with Crippen LogP contribution in [-0.4, -0.2) is 28.4 Å². The maximum atomic E-state index is 11.3. The van der Waals surface area contributed by atoms with E-state index in [0.717, 1.165) is 11.3 Å². The van der Waals surface area contributed by atoms with Crippen molar-refractivity contribution in [3.63, 3.8) is 0 Å². The highest BCUT2D eigenvalue weighted by molar-refractivity contribution is 7.16. The number of amides is 1. The molecule has 0 aromatic carbocycles. The van der Waals surface area contributed by atoms with Gasteiger partial charge in [0.2, 0.25) is 0 Å². The zero-order valence-corrected chi connectivity index (χ0v) is 12.6. The number of nitriles is 2. The smallest absolute Gasteiger partial charge is 0.412 e. The van der Waals surface area contributed by atoms with Gasteiger partial charge in [0.1, 0.15) is 10.5 Å². The maximum Gasteiger partial charge on any atom is 0.412 e. The molecular formula is C10H6N8O2S2.